The lowest BCUT2D eigenvalue weighted by Crippen LogP contribution is -2.36. The molecule has 0 saturated carbocycles. The molecule has 1 aromatic carbocycles. The van der Waals surface area contributed by atoms with Gasteiger partial charge in [-0.1, -0.05) is 0 Å². The highest BCUT2D eigenvalue weighted by Gasteiger charge is 2.31. The lowest BCUT2D eigenvalue weighted by atomic mass is 10.0. The average molecular weight is 399 g/mol. The molecule has 3 rings (SSSR count). The Morgan fingerprint density at radius 1 is 1.31 bits per heavy atom. The van der Waals surface area contributed by atoms with Gasteiger partial charge < -0.3 is 11.1 Å². The van der Waals surface area contributed by atoms with Crippen LogP contribution in [0.5, 0.6) is 0 Å². The van der Waals surface area contributed by atoms with E-state index in [4.69, 9.17) is 11.0 Å². The fraction of sp³-hybridized carbons (Fsp3) is 0.200. The number of carbonyl (C=O) groups excluding carboxylic acids is 1. The number of hydrogen-bond donors (Lipinski definition) is 2. The first-order valence-electron chi connectivity index (χ1n) is 8.64. The number of rotatable bonds is 3. The molecule has 1 fully saturated rings. The molecule has 0 aliphatic carbocycles. The van der Waals surface area contributed by atoms with Crippen molar-refractivity contribution >= 4 is 17.3 Å². The molecule has 6 nitrogen and oxygen atoms in total. The summed E-state index contributed by atoms with van der Waals surface area (Å²) in [4.78, 5) is 20.5. The van der Waals surface area contributed by atoms with E-state index in [2.05, 4.69) is 15.3 Å². The summed E-state index contributed by atoms with van der Waals surface area (Å²) in [7, 11) is 0. The standard InChI is InChI=1S/C20H16F3N5O/c21-20(22,23)14-6-12(5-13(7-14)10-24)8-16-9-15(1-3-26-16)28-18-2-4-27-19(29)17(18)11-25/h1,3,5-7,9,11H,2,4,8,25H2,(H,27,29)/b17-11+,28-18?. The van der Waals surface area contributed by atoms with Crippen molar-refractivity contribution in [3.8, 4) is 6.07 Å². The number of benzene rings is 1. The number of carbonyl (C=O) groups is 1. The number of alkyl halides is 3. The van der Waals surface area contributed by atoms with Gasteiger partial charge in [-0.3, -0.25) is 14.8 Å². The van der Waals surface area contributed by atoms with Gasteiger partial charge in [0, 0.05) is 37.5 Å². The fourth-order valence-electron chi connectivity index (χ4n) is 2.96. The maximum Gasteiger partial charge on any atom is 0.416 e. The molecule has 1 aliphatic rings. The molecule has 0 unspecified atom stereocenters. The summed E-state index contributed by atoms with van der Waals surface area (Å²) in [5.74, 6) is -0.306. The Morgan fingerprint density at radius 2 is 2.10 bits per heavy atom. The van der Waals surface area contributed by atoms with E-state index in [0.29, 0.717) is 35.6 Å². The van der Waals surface area contributed by atoms with Gasteiger partial charge in [0.15, 0.2) is 0 Å². The minimum atomic E-state index is -4.55. The zero-order valence-corrected chi connectivity index (χ0v) is 15.1. The van der Waals surface area contributed by atoms with E-state index in [9.17, 15) is 18.0 Å². The number of aliphatic imine (C=N–C) groups is 1. The van der Waals surface area contributed by atoms with Crippen LogP contribution in [0, 0.1) is 11.3 Å². The molecule has 29 heavy (non-hydrogen) atoms. The maximum atomic E-state index is 13.1. The van der Waals surface area contributed by atoms with Crippen LogP contribution >= 0.6 is 0 Å². The van der Waals surface area contributed by atoms with Crippen LogP contribution in [0.3, 0.4) is 0 Å². The average Bonchev–Trinajstić information content (AvgIpc) is 2.67. The Labute approximate surface area is 164 Å². The normalized spacial score (nSPS) is 17.2. The van der Waals surface area contributed by atoms with Crippen molar-refractivity contribution in [1.82, 2.24) is 10.3 Å². The van der Waals surface area contributed by atoms with Gasteiger partial charge >= 0.3 is 6.18 Å². The molecule has 2 aromatic rings. The predicted molar refractivity (Wildman–Crippen MR) is 100 cm³/mol. The van der Waals surface area contributed by atoms with Crippen molar-refractivity contribution < 1.29 is 18.0 Å². The lowest BCUT2D eigenvalue weighted by molar-refractivity contribution is -0.137. The zero-order valence-electron chi connectivity index (χ0n) is 15.1. The first kappa shape index (κ1) is 20.1. The van der Waals surface area contributed by atoms with Crippen LogP contribution in [0.2, 0.25) is 0 Å². The van der Waals surface area contributed by atoms with Crippen molar-refractivity contribution in [2.45, 2.75) is 19.0 Å². The fourth-order valence-corrected chi connectivity index (χ4v) is 2.96. The first-order chi connectivity index (χ1) is 13.8. The second-order valence-corrected chi connectivity index (χ2v) is 6.36. The van der Waals surface area contributed by atoms with E-state index in [1.165, 1.54) is 18.5 Å². The number of pyridine rings is 1. The molecule has 9 heteroatoms. The first-order valence-corrected chi connectivity index (χ1v) is 8.64. The molecule has 1 saturated heterocycles. The Kier molecular flexibility index (Phi) is 5.64. The van der Waals surface area contributed by atoms with Crippen molar-refractivity contribution in [3.05, 3.63) is 70.7 Å². The van der Waals surface area contributed by atoms with Crippen LogP contribution in [0.25, 0.3) is 0 Å². The quantitative estimate of drug-likeness (QED) is 0.774. The highest BCUT2D eigenvalue weighted by Crippen LogP contribution is 2.31. The molecular weight excluding hydrogens is 383 g/mol. The zero-order chi connectivity index (χ0) is 21.0. The summed E-state index contributed by atoms with van der Waals surface area (Å²) in [5.41, 5.74) is 6.67. The number of aromatic nitrogens is 1. The molecule has 2 heterocycles. The van der Waals surface area contributed by atoms with Crippen molar-refractivity contribution in [2.75, 3.05) is 6.54 Å². The number of nitrogens with two attached hydrogens (primary N) is 1. The number of piperidine rings is 1. The van der Waals surface area contributed by atoms with Gasteiger partial charge in [0.05, 0.1) is 34.2 Å². The van der Waals surface area contributed by atoms with Gasteiger partial charge in [0.2, 0.25) is 0 Å². The van der Waals surface area contributed by atoms with Crippen molar-refractivity contribution in [3.63, 3.8) is 0 Å². The molecule has 0 atom stereocenters. The Balaban J connectivity index is 1.90. The molecule has 1 aromatic heterocycles. The third-order valence-corrected chi connectivity index (χ3v) is 4.27. The van der Waals surface area contributed by atoms with Crippen LogP contribution in [-0.4, -0.2) is 23.1 Å². The van der Waals surface area contributed by atoms with E-state index in [1.54, 1.807) is 18.2 Å². The molecule has 1 amide bonds. The van der Waals surface area contributed by atoms with E-state index in [-0.39, 0.29) is 23.5 Å². The Bertz CT molecular complexity index is 1050. The summed E-state index contributed by atoms with van der Waals surface area (Å²) in [5, 5.41) is 11.7. The smallest absolute Gasteiger partial charge is 0.404 e. The minimum Gasteiger partial charge on any atom is -0.404 e. The number of nitriles is 1. The Morgan fingerprint density at radius 3 is 2.79 bits per heavy atom. The molecule has 1 aliphatic heterocycles. The highest BCUT2D eigenvalue weighted by atomic mass is 19.4. The minimum absolute atomic E-state index is 0.0721. The van der Waals surface area contributed by atoms with Gasteiger partial charge in [-0.05, 0) is 35.9 Å². The summed E-state index contributed by atoms with van der Waals surface area (Å²) in [6.07, 6.45) is -1.26. The van der Waals surface area contributed by atoms with Crippen LogP contribution in [0.15, 0.2) is 53.3 Å². The third-order valence-electron chi connectivity index (χ3n) is 4.27. The monoisotopic (exact) mass is 399 g/mol. The second kappa shape index (κ2) is 8.14. The lowest BCUT2D eigenvalue weighted by Gasteiger charge is -2.17. The Hall–Kier alpha value is -3.67. The summed E-state index contributed by atoms with van der Waals surface area (Å²) in [6.45, 7) is 0.439. The highest BCUT2D eigenvalue weighted by molar-refractivity contribution is 6.23. The molecular formula is C20H16F3N5O. The van der Waals surface area contributed by atoms with E-state index >= 15 is 0 Å². The molecule has 3 N–H and O–H groups in total. The molecule has 0 radical (unpaired) electrons. The van der Waals surface area contributed by atoms with Crippen molar-refractivity contribution in [1.29, 1.82) is 5.26 Å². The number of amides is 1. The summed E-state index contributed by atoms with van der Waals surface area (Å²) >= 11 is 0. The third kappa shape index (κ3) is 4.79. The number of hydrogen-bond acceptors (Lipinski definition) is 5. The summed E-state index contributed by atoms with van der Waals surface area (Å²) < 4.78 is 39.2. The number of nitrogens with one attached hydrogen (secondary N) is 1. The van der Waals surface area contributed by atoms with Crippen LogP contribution in [-0.2, 0) is 17.4 Å². The van der Waals surface area contributed by atoms with Gasteiger partial charge in [0.1, 0.15) is 0 Å². The van der Waals surface area contributed by atoms with Crippen LogP contribution in [0.1, 0.15) is 28.8 Å². The van der Waals surface area contributed by atoms with Gasteiger partial charge in [-0.2, -0.15) is 18.4 Å². The van der Waals surface area contributed by atoms with E-state index in [0.717, 1.165) is 12.1 Å². The maximum absolute atomic E-state index is 13.1. The second-order valence-electron chi connectivity index (χ2n) is 6.36. The topological polar surface area (TPSA) is 104 Å². The SMILES string of the molecule is N#Cc1cc(Cc2cc(N=C3CCNC(=O)/C3=C/N)ccn2)cc(C(F)(F)F)c1. The van der Waals surface area contributed by atoms with E-state index in [1.807, 2.05) is 0 Å². The van der Waals surface area contributed by atoms with E-state index < -0.39 is 11.7 Å². The van der Waals surface area contributed by atoms with Crippen LogP contribution in [0.4, 0.5) is 18.9 Å². The molecule has 0 spiro atoms. The van der Waals surface area contributed by atoms with Gasteiger partial charge in [0.25, 0.3) is 5.91 Å². The predicted octanol–water partition coefficient (Wildman–Crippen LogP) is 3.00. The van der Waals surface area contributed by atoms with Gasteiger partial charge in [-0.15, -0.1) is 0 Å². The number of halogens is 3. The number of nitrogens with zero attached hydrogens (tertiary/aromatic N) is 3. The van der Waals surface area contributed by atoms with Crippen LogP contribution < -0.4 is 11.1 Å². The molecule has 148 valence electrons. The summed E-state index contributed by atoms with van der Waals surface area (Å²) in [6, 6.07) is 8.22. The van der Waals surface area contributed by atoms with Crippen molar-refractivity contribution in [2.24, 2.45) is 10.7 Å². The van der Waals surface area contributed by atoms with Gasteiger partial charge in [-0.25, -0.2) is 0 Å². The largest absolute Gasteiger partial charge is 0.416 e. The molecule has 0 bridgehead atoms.